The zero-order chi connectivity index (χ0) is 15.7. The summed E-state index contributed by atoms with van der Waals surface area (Å²) in [5.41, 5.74) is 0.919. The summed E-state index contributed by atoms with van der Waals surface area (Å²) in [6.07, 6.45) is 0.546. The first-order valence-corrected chi connectivity index (χ1v) is 9.23. The predicted octanol–water partition coefficient (Wildman–Crippen LogP) is 2.69. The zero-order valence-electron chi connectivity index (χ0n) is 11.7. The third-order valence-electron chi connectivity index (χ3n) is 3.31. The lowest BCUT2D eigenvalue weighted by Crippen LogP contribution is -2.42. The minimum Gasteiger partial charge on any atom is -0.497 e. The van der Waals surface area contributed by atoms with Crippen molar-refractivity contribution < 1.29 is 17.9 Å². The molecule has 2 heterocycles. The number of halogens is 1. The molecule has 1 aromatic carbocycles. The van der Waals surface area contributed by atoms with Crippen LogP contribution >= 0.6 is 22.9 Å². The van der Waals surface area contributed by atoms with E-state index in [1.807, 2.05) is 18.2 Å². The number of thiophene rings is 1. The van der Waals surface area contributed by atoms with E-state index in [2.05, 4.69) is 4.72 Å². The van der Waals surface area contributed by atoms with Gasteiger partial charge in [0.15, 0.2) is 0 Å². The average molecular weight is 360 g/mol. The van der Waals surface area contributed by atoms with E-state index < -0.39 is 10.0 Å². The van der Waals surface area contributed by atoms with Gasteiger partial charge in [0.25, 0.3) is 0 Å². The quantitative estimate of drug-likeness (QED) is 0.911. The van der Waals surface area contributed by atoms with Gasteiger partial charge in [0.2, 0.25) is 10.0 Å². The smallest absolute Gasteiger partial charge is 0.250 e. The summed E-state index contributed by atoms with van der Waals surface area (Å²) in [4.78, 5) is 0. The first kappa shape index (κ1) is 15.6. The molecule has 0 saturated carbocycles. The fraction of sp³-hybridized carbons (Fsp3) is 0.286. The first-order chi connectivity index (χ1) is 10.5. The van der Waals surface area contributed by atoms with Gasteiger partial charge in [-0.05, 0) is 42.3 Å². The van der Waals surface area contributed by atoms with Crippen LogP contribution in [0.3, 0.4) is 0 Å². The molecule has 0 fully saturated rings. The molecule has 0 amide bonds. The van der Waals surface area contributed by atoms with Gasteiger partial charge in [-0.3, -0.25) is 0 Å². The lowest BCUT2D eigenvalue weighted by molar-refractivity contribution is 0.253. The number of methoxy groups -OCH3 is 1. The molecular weight excluding hydrogens is 346 g/mol. The molecule has 5 nitrogen and oxygen atoms in total. The van der Waals surface area contributed by atoms with Crippen molar-refractivity contribution in [2.45, 2.75) is 16.7 Å². The zero-order valence-corrected chi connectivity index (χ0v) is 14.1. The van der Waals surface area contributed by atoms with Crippen LogP contribution in [-0.4, -0.2) is 28.2 Å². The molecule has 118 valence electrons. The second kappa shape index (κ2) is 6.08. The maximum Gasteiger partial charge on any atom is 0.250 e. The maximum absolute atomic E-state index is 12.3. The summed E-state index contributed by atoms with van der Waals surface area (Å²) in [6.45, 7) is 0.289. The summed E-state index contributed by atoms with van der Waals surface area (Å²) >= 11 is 6.83. The molecule has 2 aromatic rings. The number of hydrogen-bond acceptors (Lipinski definition) is 5. The standard InChI is InChI=1S/C14H14ClNO4S2/c1-19-11-2-3-12-9(7-11)6-10(8-20-12)16-22(17,18)14-5-4-13(15)21-14/h2-5,7,10,16H,6,8H2,1H3/t10-/m0/s1. The molecule has 0 spiro atoms. The van der Waals surface area contributed by atoms with Crippen LogP contribution in [0.1, 0.15) is 5.56 Å². The number of nitrogens with one attached hydrogen (secondary N) is 1. The summed E-state index contributed by atoms with van der Waals surface area (Å²) in [5.74, 6) is 1.48. The van der Waals surface area contributed by atoms with Crippen LogP contribution in [-0.2, 0) is 16.4 Å². The van der Waals surface area contributed by atoms with Gasteiger partial charge in [-0.15, -0.1) is 11.3 Å². The molecule has 8 heteroatoms. The Morgan fingerprint density at radius 1 is 1.36 bits per heavy atom. The molecule has 0 radical (unpaired) electrons. The van der Waals surface area contributed by atoms with Crippen molar-refractivity contribution in [1.29, 1.82) is 0 Å². The Morgan fingerprint density at radius 2 is 2.18 bits per heavy atom. The van der Waals surface area contributed by atoms with E-state index in [0.29, 0.717) is 10.8 Å². The van der Waals surface area contributed by atoms with Gasteiger partial charge in [0.1, 0.15) is 22.3 Å². The van der Waals surface area contributed by atoms with Crippen molar-refractivity contribution in [3.05, 3.63) is 40.2 Å². The second-order valence-corrected chi connectivity index (χ2v) is 8.52. The van der Waals surface area contributed by atoms with E-state index in [9.17, 15) is 8.42 Å². The van der Waals surface area contributed by atoms with Crippen LogP contribution in [0, 0.1) is 0 Å². The molecule has 0 bridgehead atoms. The van der Waals surface area contributed by atoms with Crippen LogP contribution in [0.5, 0.6) is 11.5 Å². The second-order valence-electron chi connectivity index (χ2n) is 4.87. The highest BCUT2D eigenvalue weighted by atomic mass is 35.5. The molecule has 0 saturated heterocycles. The molecule has 1 aliphatic heterocycles. The SMILES string of the molecule is COc1ccc2c(c1)C[C@H](NS(=O)(=O)c1ccc(Cl)s1)CO2. The van der Waals surface area contributed by atoms with Crippen molar-refractivity contribution in [2.24, 2.45) is 0 Å². The molecule has 3 rings (SSSR count). The Labute approximate surface area is 137 Å². The van der Waals surface area contributed by atoms with Crippen LogP contribution in [0.2, 0.25) is 4.34 Å². The summed E-state index contributed by atoms with van der Waals surface area (Å²) < 4.78 is 38.7. The number of rotatable bonds is 4. The van der Waals surface area contributed by atoms with E-state index in [-0.39, 0.29) is 16.9 Å². The summed E-state index contributed by atoms with van der Waals surface area (Å²) in [7, 11) is -2.00. The fourth-order valence-corrected chi connectivity index (χ4v) is 5.01. The van der Waals surface area contributed by atoms with Crippen LogP contribution < -0.4 is 14.2 Å². The van der Waals surface area contributed by atoms with Gasteiger partial charge in [0.05, 0.1) is 17.5 Å². The molecule has 1 aromatic heterocycles. The Kier molecular flexibility index (Phi) is 4.31. The summed E-state index contributed by atoms with van der Waals surface area (Å²) in [6, 6.07) is 8.24. The molecule has 0 unspecified atom stereocenters. The maximum atomic E-state index is 12.3. The first-order valence-electron chi connectivity index (χ1n) is 6.55. The molecule has 1 N–H and O–H groups in total. The van der Waals surface area contributed by atoms with Crippen LogP contribution in [0.25, 0.3) is 0 Å². The van der Waals surface area contributed by atoms with E-state index in [1.54, 1.807) is 13.2 Å². The Hall–Kier alpha value is -1.28. The van der Waals surface area contributed by atoms with E-state index in [0.717, 1.165) is 28.4 Å². The van der Waals surface area contributed by atoms with Gasteiger partial charge in [0, 0.05) is 0 Å². The Balaban J connectivity index is 1.77. The largest absolute Gasteiger partial charge is 0.497 e. The highest BCUT2D eigenvalue weighted by molar-refractivity contribution is 7.91. The molecule has 1 atom stereocenters. The topological polar surface area (TPSA) is 64.6 Å². The third kappa shape index (κ3) is 3.22. The van der Waals surface area contributed by atoms with Crippen molar-refractivity contribution in [1.82, 2.24) is 4.72 Å². The number of benzene rings is 1. The Bertz CT molecular complexity index is 788. The minimum absolute atomic E-state index is 0.203. The van der Waals surface area contributed by atoms with Gasteiger partial charge >= 0.3 is 0 Å². The van der Waals surface area contributed by atoms with Crippen LogP contribution in [0.4, 0.5) is 0 Å². The lowest BCUT2D eigenvalue weighted by atomic mass is 10.0. The Morgan fingerprint density at radius 3 is 2.86 bits per heavy atom. The molecule has 22 heavy (non-hydrogen) atoms. The van der Waals surface area contributed by atoms with Crippen molar-refractivity contribution in [3.63, 3.8) is 0 Å². The highest BCUT2D eigenvalue weighted by Gasteiger charge is 2.26. The lowest BCUT2D eigenvalue weighted by Gasteiger charge is -2.26. The van der Waals surface area contributed by atoms with E-state index in [4.69, 9.17) is 21.1 Å². The normalized spacial score (nSPS) is 17.6. The minimum atomic E-state index is -3.58. The van der Waals surface area contributed by atoms with Gasteiger partial charge in [-0.2, -0.15) is 0 Å². The van der Waals surface area contributed by atoms with E-state index >= 15 is 0 Å². The molecule has 1 aliphatic rings. The van der Waals surface area contributed by atoms with Gasteiger partial charge < -0.3 is 9.47 Å². The monoisotopic (exact) mass is 359 g/mol. The molecular formula is C14H14ClNO4S2. The van der Waals surface area contributed by atoms with Crippen LogP contribution in [0.15, 0.2) is 34.5 Å². The number of fused-ring (bicyclic) bond motifs is 1. The average Bonchev–Trinajstić information content (AvgIpc) is 2.93. The van der Waals surface area contributed by atoms with E-state index in [1.165, 1.54) is 6.07 Å². The summed E-state index contributed by atoms with van der Waals surface area (Å²) in [5, 5.41) is 0. The number of sulfonamides is 1. The van der Waals surface area contributed by atoms with Crippen molar-refractivity contribution in [2.75, 3.05) is 13.7 Å². The molecule has 0 aliphatic carbocycles. The number of hydrogen-bond donors (Lipinski definition) is 1. The van der Waals surface area contributed by atoms with Crippen molar-refractivity contribution in [3.8, 4) is 11.5 Å². The third-order valence-corrected chi connectivity index (χ3v) is 6.55. The number of ether oxygens (including phenoxy) is 2. The fourth-order valence-electron chi connectivity index (χ4n) is 2.29. The van der Waals surface area contributed by atoms with Gasteiger partial charge in [-0.1, -0.05) is 11.6 Å². The highest BCUT2D eigenvalue weighted by Crippen LogP contribution is 2.30. The van der Waals surface area contributed by atoms with Crippen molar-refractivity contribution >= 4 is 33.0 Å². The predicted molar refractivity (Wildman–Crippen MR) is 85.6 cm³/mol. The van der Waals surface area contributed by atoms with Gasteiger partial charge in [-0.25, -0.2) is 13.1 Å².